The average Bonchev–Trinajstić information content (AvgIpc) is 2.91. The lowest BCUT2D eigenvalue weighted by Gasteiger charge is -2.19. The van der Waals surface area contributed by atoms with Crippen LogP contribution in [0.5, 0.6) is 0 Å². The van der Waals surface area contributed by atoms with Crippen LogP contribution in [0.2, 0.25) is 5.02 Å². The van der Waals surface area contributed by atoms with Crippen molar-refractivity contribution in [3.05, 3.63) is 56.7 Å². The van der Waals surface area contributed by atoms with Crippen molar-refractivity contribution >= 4 is 22.9 Å². The zero-order valence-electron chi connectivity index (χ0n) is 12.2. The van der Waals surface area contributed by atoms with Crippen LogP contribution in [0.25, 0.3) is 0 Å². The molecule has 1 heterocycles. The smallest absolute Gasteiger partial charge is 0.0411 e. The van der Waals surface area contributed by atoms with E-state index in [1.165, 1.54) is 16.7 Å². The van der Waals surface area contributed by atoms with E-state index in [1.807, 2.05) is 6.07 Å². The van der Waals surface area contributed by atoms with Gasteiger partial charge >= 0.3 is 0 Å². The summed E-state index contributed by atoms with van der Waals surface area (Å²) in [6.07, 6.45) is 3.36. The van der Waals surface area contributed by atoms with Crippen LogP contribution in [0.15, 0.2) is 35.0 Å². The third-order valence-corrected chi connectivity index (χ3v) is 4.36. The van der Waals surface area contributed by atoms with Crippen molar-refractivity contribution in [2.75, 3.05) is 6.54 Å². The highest BCUT2D eigenvalue weighted by atomic mass is 35.5. The molecular formula is C17H22ClNS. The van der Waals surface area contributed by atoms with Crippen molar-refractivity contribution in [1.82, 2.24) is 5.32 Å². The fourth-order valence-electron chi connectivity index (χ4n) is 2.42. The molecule has 1 aromatic carbocycles. The van der Waals surface area contributed by atoms with Crippen molar-refractivity contribution in [3.63, 3.8) is 0 Å². The van der Waals surface area contributed by atoms with E-state index in [-0.39, 0.29) is 0 Å². The Kier molecular flexibility index (Phi) is 6.08. The van der Waals surface area contributed by atoms with Crippen molar-refractivity contribution in [2.24, 2.45) is 0 Å². The van der Waals surface area contributed by atoms with Gasteiger partial charge in [-0.2, -0.15) is 11.3 Å². The number of nitrogens with one attached hydrogen (secondary N) is 1. The van der Waals surface area contributed by atoms with E-state index in [2.05, 4.69) is 48.1 Å². The first-order chi connectivity index (χ1) is 9.69. The summed E-state index contributed by atoms with van der Waals surface area (Å²) in [5, 5.41) is 8.86. The Morgan fingerprint density at radius 3 is 2.80 bits per heavy atom. The highest BCUT2D eigenvalue weighted by Crippen LogP contribution is 2.24. The summed E-state index contributed by atoms with van der Waals surface area (Å²) in [6, 6.07) is 8.95. The van der Waals surface area contributed by atoms with E-state index >= 15 is 0 Å². The Morgan fingerprint density at radius 1 is 1.30 bits per heavy atom. The van der Waals surface area contributed by atoms with Crippen LogP contribution < -0.4 is 5.32 Å². The van der Waals surface area contributed by atoms with E-state index < -0.39 is 0 Å². The molecule has 0 fully saturated rings. The van der Waals surface area contributed by atoms with Crippen LogP contribution in [-0.4, -0.2) is 6.54 Å². The SMILES string of the molecule is CCCNC(CCc1ccsc1)c1cc(C)cc(Cl)c1. The van der Waals surface area contributed by atoms with Gasteiger partial charge in [0.15, 0.2) is 0 Å². The standard InChI is InChI=1S/C17H22ClNS/c1-3-7-19-17(5-4-14-6-8-20-12-14)15-9-13(2)10-16(18)11-15/h6,8-12,17,19H,3-5,7H2,1-2H3. The summed E-state index contributed by atoms with van der Waals surface area (Å²) in [6.45, 7) is 5.34. The maximum atomic E-state index is 6.20. The number of benzene rings is 1. The minimum Gasteiger partial charge on any atom is -0.310 e. The minimum atomic E-state index is 0.382. The van der Waals surface area contributed by atoms with Gasteiger partial charge in [0.2, 0.25) is 0 Å². The van der Waals surface area contributed by atoms with Crippen molar-refractivity contribution < 1.29 is 0 Å². The summed E-state index contributed by atoms with van der Waals surface area (Å²) in [4.78, 5) is 0. The van der Waals surface area contributed by atoms with Gasteiger partial charge in [-0.25, -0.2) is 0 Å². The van der Waals surface area contributed by atoms with Crippen molar-refractivity contribution in [2.45, 2.75) is 39.2 Å². The molecule has 20 heavy (non-hydrogen) atoms. The second-order valence-corrected chi connectivity index (χ2v) is 6.46. The molecule has 1 N–H and O–H groups in total. The van der Waals surface area contributed by atoms with Crippen LogP contribution in [0.1, 0.15) is 42.5 Å². The highest BCUT2D eigenvalue weighted by molar-refractivity contribution is 7.07. The first-order valence-corrected chi connectivity index (χ1v) is 8.52. The Bertz CT molecular complexity index is 502. The molecule has 0 amide bonds. The van der Waals surface area contributed by atoms with Gasteiger partial charge in [0.1, 0.15) is 0 Å². The Balaban J connectivity index is 2.09. The first-order valence-electron chi connectivity index (χ1n) is 7.20. The summed E-state index contributed by atoms with van der Waals surface area (Å²) in [5.74, 6) is 0. The molecule has 2 rings (SSSR count). The molecule has 1 unspecified atom stereocenters. The van der Waals surface area contributed by atoms with E-state index in [0.29, 0.717) is 6.04 Å². The van der Waals surface area contributed by atoms with Crippen LogP contribution in [0.3, 0.4) is 0 Å². The quantitative estimate of drug-likeness (QED) is 0.723. The van der Waals surface area contributed by atoms with Gasteiger partial charge in [-0.1, -0.05) is 24.6 Å². The maximum absolute atomic E-state index is 6.20. The molecule has 0 aliphatic carbocycles. The van der Waals surface area contributed by atoms with Crippen LogP contribution >= 0.6 is 22.9 Å². The van der Waals surface area contributed by atoms with E-state index in [0.717, 1.165) is 30.8 Å². The third kappa shape index (κ3) is 4.62. The molecular weight excluding hydrogens is 286 g/mol. The fourth-order valence-corrected chi connectivity index (χ4v) is 3.42. The first kappa shape index (κ1) is 15.6. The van der Waals surface area contributed by atoms with E-state index in [9.17, 15) is 0 Å². The van der Waals surface area contributed by atoms with Crippen LogP contribution in [0.4, 0.5) is 0 Å². The molecule has 3 heteroatoms. The van der Waals surface area contributed by atoms with E-state index in [1.54, 1.807) is 11.3 Å². The summed E-state index contributed by atoms with van der Waals surface area (Å²) < 4.78 is 0. The second-order valence-electron chi connectivity index (χ2n) is 5.24. The molecule has 0 bridgehead atoms. The number of halogens is 1. The molecule has 1 atom stereocenters. The Labute approximate surface area is 131 Å². The normalized spacial score (nSPS) is 12.6. The van der Waals surface area contributed by atoms with Gasteiger partial charge in [-0.05, 0) is 78.4 Å². The predicted molar refractivity (Wildman–Crippen MR) is 89.9 cm³/mol. The fraction of sp³-hybridized carbons (Fsp3) is 0.412. The van der Waals surface area contributed by atoms with Crippen molar-refractivity contribution in [3.8, 4) is 0 Å². The lowest BCUT2D eigenvalue weighted by molar-refractivity contribution is 0.499. The molecule has 0 aliphatic heterocycles. The van der Waals surface area contributed by atoms with Gasteiger partial charge in [-0.15, -0.1) is 0 Å². The van der Waals surface area contributed by atoms with Crippen LogP contribution in [0, 0.1) is 6.92 Å². The van der Waals surface area contributed by atoms with Crippen LogP contribution in [-0.2, 0) is 6.42 Å². The summed E-state index contributed by atoms with van der Waals surface area (Å²) in [7, 11) is 0. The number of thiophene rings is 1. The third-order valence-electron chi connectivity index (χ3n) is 3.41. The Hall–Kier alpha value is -0.830. The molecule has 0 spiro atoms. The maximum Gasteiger partial charge on any atom is 0.0411 e. The molecule has 0 saturated heterocycles. The predicted octanol–water partition coefficient (Wildman–Crippen LogP) is 5.38. The summed E-state index contributed by atoms with van der Waals surface area (Å²) >= 11 is 7.97. The zero-order chi connectivity index (χ0) is 14.4. The van der Waals surface area contributed by atoms with E-state index in [4.69, 9.17) is 11.6 Å². The molecule has 1 nitrogen and oxygen atoms in total. The van der Waals surface area contributed by atoms with Gasteiger partial charge in [0, 0.05) is 11.1 Å². The average molecular weight is 308 g/mol. The van der Waals surface area contributed by atoms with Gasteiger partial charge in [-0.3, -0.25) is 0 Å². The molecule has 108 valence electrons. The van der Waals surface area contributed by atoms with Gasteiger partial charge in [0.05, 0.1) is 0 Å². The topological polar surface area (TPSA) is 12.0 Å². The monoisotopic (exact) mass is 307 g/mol. The largest absolute Gasteiger partial charge is 0.310 e. The zero-order valence-corrected chi connectivity index (χ0v) is 13.7. The molecule has 0 radical (unpaired) electrons. The van der Waals surface area contributed by atoms with Crippen molar-refractivity contribution in [1.29, 1.82) is 0 Å². The molecule has 2 aromatic rings. The molecule has 0 aliphatic rings. The number of rotatable bonds is 7. The lowest BCUT2D eigenvalue weighted by Crippen LogP contribution is -2.22. The summed E-state index contributed by atoms with van der Waals surface area (Å²) in [5.41, 5.74) is 3.96. The minimum absolute atomic E-state index is 0.382. The molecule has 1 aromatic heterocycles. The van der Waals surface area contributed by atoms with Gasteiger partial charge in [0.25, 0.3) is 0 Å². The van der Waals surface area contributed by atoms with Gasteiger partial charge < -0.3 is 5.32 Å². The molecule has 0 saturated carbocycles. The number of hydrogen-bond acceptors (Lipinski definition) is 2. The highest BCUT2D eigenvalue weighted by Gasteiger charge is 2.12. The second kappa shape index (κ2) is 7.82. The number of hydrogen-bond donors (Lipinski definition) is 1. The lowest BCUT2D eigenvalue weighted by atomic mass is 9.98. The Morgan fingerprint density at radius 2 is 2.15 bits per heavy atom. The number of aryl methyl sites for hydroxylation is 2.